The van der Waals surface area contributed by atoms with E-state index in [9.17, 15) is 0 Å². The Morgan fingerprint density at radius 3 is 2.60 bits per heavy atom. The Morgan fingerprint density at radius 2 is 1.85 bits per heavy atom. The zero-order chi connectivity index (χ0) is 13.8. The Morgan fingerprint density at radius 1 is 1.05 bits per heavy atom. The number of hydrogen-bond donors (Lipinski definition) is 1. The summed E-state index contributed by atoms with van der Waals surface area (Å²) in [6.45, 7) is 2.06. The van der Waals surface area contributed by atoms with Crippen LogP contribution in [0, 0.1) is 0 Å². The van der Waals surface area contributed by atoms with E-state index in [-0.39, 0.29) is 0 Å². The van der Waals surface area contributed by atoms with Gasteiger partial charge in [-0.05, 0) is 17.7 Å². The van der Waals surface area contributed by atoms with Crippen LogP contribution in [0.5, 0.6) is 0 Å². The summed E-state index contributed by atoms with van der Waals surface area (Å²) in [7, 11) is 0. The maximum absolute atomic E-state index is 5.71. The molecule has 0 spiro atoms. The molecule has 0 atom stereocenters. The molecule has 1 aromatic carbocycles. The number of pyridine rings is 1. The maximum atomic E-state index is 5.71. The van der Waals surface area contributed by atoms with Gasteiger partial charge in [0.05, 0.1) is 0 Å². The fourth-order valence-electron chi connectivity index (χ4n) is 2.16. The lowest BCUT2D eigenvalue weighted by Gasteiger charge is -2.20. The fraction of sp³-hybridized carbons (Fsp3) is 0.200. The van der Waals surface area contributed by atoms with Gasteiger partial charge < -0.3 is 10.6 Å². The van der Waals surface area contributed by atoms with Crippen molar-refractivity contribution in [3.05, 3.63) is 60.3 Å². The third-order valence-corrected chi connectivity index (χ3v) is 3.13. The summed E-state index contributed by atoms with van der Waals surface area (Å²) in [6, 6.07) is 16.1. The lowest BCUT2D eigenvalue weighted by Crippen LogP contribution is -2.29. The van der Waals surface area contributed by atoms with Crippen LogP contribution in [0.1, 0.15) is 5.56 Å². The molecule has 2 heterocycles. The van der Waals surface area contributed by atoms with Gasteiger partial charge in [0.25, 0.3) is 0 Å². The van der Waals surface area contributed by atoms with E-state index in [2.05, 4.69) is 27.1 Å². The lowest BCUT2D eigenvalue weighted by molar-refractivity contribution is 0.755. The first kappa shape index (κ1) is 12.6. The number of hydrogen-bond acceptors (Lipinski definition) is 4. The van der Waals surface area contributed by atoms with Crippen LogP contribution in [0.4, 0.5) is 5.95 Å². The average Bonchev–Trinajstić information content (AvgIpc) is 2.92. The third kappa shape index (κ3) is 2.62. The topological polar surface area (TPSA) is 59.5 Å². The van der Waals surface area contributed by atoms with Gasteiger partial charge in [-0.25, -0.2) is 4.52 Å². The summed E-state index contributed by atoms with van der Waals surface area (Å²) in [6.07, 6.45) is 1.90. The third-order valence-electron chi connectivity index (χ3n) is 3.13. The van der Waals surface area contributed by atoms with Gasteiger partial charge in [-0.3, -0.25) is 0 Å². The SMILES string of the molecule is NCCN(Cc1ccccc1)c1nc2ccccn2n1. The average molecular weight is 267 g/mol. The quantitative estimate of drug-likeness (QED) is 0.764. The van der Waals surface area contributed by atoms with Gasteiger partial charge in [0.15, 0.2) is 5.65 Å². The van der Waals surface area contributed by atoms with Crippen LogP contribution in [-0.4, -0.2) is 27.7 Å². The van der Waals surface area contributed by atoms with Crippen molar-refractivity contribution in [3.63, 3.8) is 0 Å². The highest BCUT2D eigenvalue weighted by molar-refractivity contribution is 5.44. The van der Waals surface area contributed by atoms with Crippen molar-refractivity contribution in [3.8, 4) is 0 Å². The molecule has 2 N–H and O–H groups in total. The van der Waals surface area contributed by atoms with Crippen LogP contribution in [0.15, 0.2) is 54.7 Å². The van der Waals surface area contributed by atoms with Crippen LogP contribution in [0.25, 0.3) is 5.65 Å². The zero-order valence-corrected chi connectivity index (χ0v) is 11.2. The first-order valence-corrected chi connectivity index (χ1v) is 6.67. The summed E-state index contributed by atoms with van der Waals surface area (Å²) >= 11 is 0. The predicted octanol–water partition coefficient (Wildman–Crippen LogP) is 1.69. The number of anilines is 1. The number of benzene rings is 1. The fourth-order valence-corrected chi connectivity index (χ4v) is 2.16. The number of nitrogens with two attached hydrogens (primary N) is 1. The molecule has 0 radical (unpaired) electrons. The number of fused-ring (bicyclic) bond motifs is 1. The van der Waals surface area contributed by atoms with Gasteiger partial charge in [0.2, 0.25) is 5.95 Å². The van der Waals surface area contributed by atoms with Gasteiger partial charge in [-0.15, -0.1) is 5.10 Å². The van der Waals surface area contributed by atoms with Crippen molar-refractivity contribution in [2.24, 2.45) is 5.73 Å². The number of aromatic nitrogens is 3. The molecule has 5 nitrogen and oxygen atoms in total. The van der Waals surface area contributed by atoms with E-state index >= 15 is 0 Å². The molecule has 0 unspecified atom stereocenters. The molecule has 3 rings (SSSR count). The molecule has 0 aliphatic heterocycles. The number of nitrogens with zero attached hydrogens (tertiary/aromatic N) is 4. The molecule has 0 aliphatic rings. The molecule has 5 heteroatoms. The molecule has 102 valence electrons. The first-order valence-electron chi connectivity index (χ1n) is 6.67. The highest BCUT2D eigenvalue weighted by Gasteiger charge is 2.12. The predicted molar refractivity (Wildman–Crippen MR) is 79.5 cm³/mol. The van der Waals surface area contributed by atoms with Crippen molar-refractivity contribution < 1.29 is 0 Å². The normalized spacial score (nSPS) is 10.8. The molecular formula is C15H17N5. The Hall–Kier alpha value is -2.40. The molecule has 2 aromatic heterocycles. The molecule has 0 fully saturated rings. The Labute approximate surface area is 117 Å². The van der Waals surface area contributed by atoms with Crippen molar-refractivity contribution in [2.45, 2.75) is 6.54 Å². The Bertz CT molecular complexity index is 644. The summed E-state index contributed by atoms with van der Waals surface area (Å²) in [5, 5.41) is 4.50. The van der Waals surface area contributed by atoms with Gasteiger partial charge in [-0.1, -0.05) is 36.4 Å². The Kier molecular flexibility index (Phi) is 3.60. The van der Waals surface area contributed by atoms with Gasteiger partial charge >= 0.3 is 0 Å². The van der Waals surface area contributed by atoms with Gasteiger partial charge in [0.1, 0.15) is 0 Å². The van der Waals surface area contributed by atoms with E-state index in [0.29, 0.717) is 12.5 Å². The molecule has 0 saturated heterocycles. The smallest absolute Gasteiger partial charge is 0.246 e. The zero-order valence-electron chi connectivity index (χ0n) is 11.2. The molecular weight excluding hydrogens is 250 g/mol. The van der Waals surface area contributed by atoms with E-state index in [1.807, 2.05) is 42.6 Å². The van der Waals surface area contributed by atoms with E-state index < -0.39 is 0 Å². The Balaban J connectivity index is 1.89. The van der Waals surface area contributed by atoms with E-state index in [1.165, 1.54) is 5.56 Å². The maximum Gasteiger partial charge on any atom is 0.246 e. The van der Waals surface area contributed by atoms with Crippen molar-refractivity contribution in [2.75, 3.05) is 18.0 Å². The van der Waals surface area contributed by atoms with Gasteiger partial charge in [0, 0.05) is 25.8 Å². The van der Waals surface area contributed by atoms with Crippen LogP contribution in [-0.2, 0) is 6.54 Å². The highest BCUT2D eigenvalue weighted by atomic mass is 15.4. The van der Waals surface area contributed by atoms with Crippen LogP contribution in [0.3, 0.4) is 0 Å². The van der Waals surface area contributed by atoms with Crippen molar-refractivity contribution >= 4 is 11.6 Å². The van der Waals surface area contributed by atoms with Crippen molar-refractivity contribution in [1.82, 2.24) is 14.6 Å². The molecule has 3 aromatic rings. The summed E-state index contributed by atoms with van der Waals surface area (Å²) in [4.78, 5) is 6.65. The highest BCUT2D eigenvalue weighted by Crippen LogP contribution is 2.13. The largest absolute Gasteiger partial charge is 0.334 e. The van der Waals surface area contributed by atoms with Crippen LogP contribution >= 0.6 is 0 Å². The summed E-state index contributed by atoms with van der Waals surface area (Å²) in [5.41, 5.74) is 7.78. The second-order valence-electron chi connectivity index (χ2n) is 4.61. The van der Waals surface area contributed by atoms with Crippen LogP contribution in [0.2, 0.25) is 0 Å². The minimum absolute atomic E-state index is 0.572. The molecule has 0 aliphatic carbocycles. The minimum Gasteiger partial charge on any atom is -0.334 e. The standard InChI is InChI=1S/C15H17N5/c16-9-11-19(12-13-6-2-1-3-7-13)15-17-14-8-4-5-10-20(14)18-15/h1-8,10H,9,11-12,16H2. The lowest BCUT2D eigenvalue weighted by atomic mass is 10.2. The second-order valence-corrected chi connectivity index (χ2v) is 4.61. The van der Waals surface area contributed by atoms with Crippen molar-refractivity contribution in [1.29, 1.82) is 0 Å². The molecule has 20 heavy (non-hydrogen) atoms. The van der Waals surface area contributed by atoms with Gasteiger partial charge in [-0.2, -0.15) is 4.98 Å². The van der Waals surface area contributed by atoms with E-state index in [0.717, 1.165) is 18.7 Å². The number of rotatable bonds is 5. The van der Waals surface area contributed by atoms with E-state index in [4.69, 9.17) is 5.73 Å². The minimum atomic E-state index is 0.572. The summed E-state index contributed by atoms with van der Waals surface area (Å²) in [5.74, 6) is 0.713. The van der Waals surface area contributed by atoms with Crippen LogP contribution < -0.4 is 10.6 Å². The summed E-state index contributed by atoms with van der Waals surface area (Å²) < 4.78 is 1.78. The second kappa shape index (κ2) is 5.71. The first-order chi connectivity index (χ1) is 9.86. The molecule has 0 saturated carbocycles. The monoisotopic (exact) mass is 267 g/mol. The van der Waals surface area contributed by atoms with E-state index in [1.54, 1.807) is 4.52 Å². The molecule has 0 amide bonds. The molecule has 0 bridgehead atoms.